The molecule has 0 aliphatic carbocycles. The van der Waals surface area contributed by atoms with Gasteiger partial charge in [0.25, 0.3) is 0 Å². The van der Waals surface area contributed by atoms with Crippen LogP contribution in [0.25, 0.3) is 0 Å². The summed E-state index contributed by atoms with van der Waals surface area (Å²) in [5.74, 6) is 0.331. The number of nitro groups is 1. The van der Waals surface area contributed by atoms with E-state index in [0.717, 1.165) is 0 Å². The predicted molar refractivity (Wildman–Crippen MR) is 60.9 cm³/mol. The van der Waals surface area contributed by atoms with Crippen molar-refractivity contribution in [1.82, 2.24) is 9.97 Å². The molecule has 0 radical (unpaired) electrons. The number of anilines is 2. The minimum Gasteiger partial charge on any atom is -0.378 e. The molecule has 0 bridgehead atoms. The maximum Gasteiger partial charge on any atom is 0.332 e. The highest BCUT2D eigenvalue weighted by Crippen LogP contribution is 2.25. The third-order valence-corrected chi connectivity index (χ3v) is 2.55. The quantitative estimate of drug-likeness (QED) is 0.576. The van der Waals surface area contributed by atoms with Gasteiger partial charge in [0, 0.05) is 13.1 Å². The molecule has 0 spiro atoms. The maximum atomic E-state index is 10.7. The first kappa shape index (κ1) is 11.5. The zero-order valence-corrected chi connectivity index (χ0v) is 9.42. The second kappa shape index (κ2) is 4.50. The Balaban J connectivity index is 2.34. The number of nitrogens with zero attached hydrogens (tertiary/aromatic N) is 4. The van der Waals surface area contributed by atoms with E-state index in [9.17, 15) is 10.1 Å². The van der Waals surface area contributed by atoms with E-state index < -0.39 is 4.92 Å². The number of ether oxygens (including phenoxy) is 1. The number of hydrogen-bond acceptors (Lipinski definition) is 7. The number of nitrogens with two attached hydrogens (primary N) is 1. The largest absolute Gasteiger partial charge is 0.378 e. The van der Waals surface area contributed by atoms with Gasteiger partial charge in [0.1, 0.15) is 5.69 Å². The van der Waals surface area contributed by atoms with Crippen LogP contribution >= 0.6 is 0 Å². The summed E-state index contributed by atoms with van der Waals surface area (Å²) in [6.45, 7) is 4.08. The van der Waals surface area contributed by atoms with Gasteiger partial charge < -0.3 is 15.4 Å². The van der Waals surface area contributed by atoms with Gasteiger partial charge in [-0.1, -0.05) is 0 Å². The standard InChI is InChI=1S/C9H13N5O3/c1-6-7(14(15)16)8(10)12-9(11-6)13-2-4-17-5-3-13/h2-5H2,1H3,(H2,10,11,12). The van der Waals surface area contributed by atoms with Gasteiger partial charge in [-0.05, 0) is 6.92 Å². The minimum absolute atomic E-state index is 0.0935. The lowest BCUT2D eigenvalue weighted by Crippen LogP contribution is -2.37. The van der Waals surface area contributed by atoms with E-state index >= 15 is 0 Å². The van der Waals surface area contributed by atoms with Crippen LogP contribution in [-0.2, 0) is 4.74 Å². The summed E-state index contributed by atoms with van der Waals surface area (Å²) in [5.41, 5.74) is 5.64. The Bertz CT molecular complexity index is 421. The Morgan fingerprint density at radius 2 is 2.06 bits per heavy atom. The lowest BCUT2D eigenvalue weighted by molar-refractivity contribution is -0.385. The lowest BCUT2D eigenvalue weighted by Gasteiger charge is -2.26. The van der Waals surface area contributed by atoms with Gasteiger partial charge in [0.2, 0.25) is 11.8 Å². The molecule has 0 atom stereocenters. The van der Waals surface area contributed by atoms with E-state index in [1.165, 1.54) is 0 Å². The van der Waals surface area contributed by atoms with Gasteiger partial charge >= 0.3 is 5.69 Å². The Morgan fingerprint density at radius 1 is 1.41 bits per heavy atom. The molecule has 1 fully saturated rings. The Hall–Kier alpha value is -1.96. The molecule has 1 aliphatic rings. The van der Waals surface area contributed by atoms with E-state index in [1.807, 2.05) is 4.90 Å². The van der Waals surface area contributed by atoms with E-state index in [0.29, 0.717) is 32.3 Å². The number of aromatic nitrogens is 2. The monoisotopic (exact) mass is 239 g/mol. The highest BCUT2D eigenvalue weighted by Gasteiger charge is 2.22. The summed E-state index contributed by atoms with van der Waals surface area (Å²) in [6.07, 6.45) is 0. The molecule has 2 heterocycles. The van der Waals surface area contributed by atoms with Crippen molar-refractivity contribution in [2.24, 2.45) is 0 Å². The van der Waals surface area contributed by atoms with Crippen LogP contribution in [0.15, 0.2) is 0 Å². The van der Waals surface area contributed by atoms with Crippen molar-refractivity contribution < 1.29 is 9.66 Å². The molecule has 2 rings (SSSR count). The van der Waals surface area contributed by atoms with Crippen LogP contribution in [0.4, 0.5) is 17.5 Å². The number of hydrogen-bond donors (Lipinski definition) is 1. The van der Waals surface area contributed by atoms with Gasteiger partial charge in [0.05, 0.1) is 18.1 Å². The molecule has 1 aromatic heterocycles. The smallest absolute Gasteiger partial charge is 0.332 e. The Labute approximate surface area is 97.6 Å². The van der Waals surface area contributed by atoms with Crippen molar-refractivity contribution in [3.8, 4) is 0 Å². The molecule has 0 aromatic carbocycles. The van der Waals surface area contributed by atoms with Crippen molar-refractivity contribution in [3.63, 3.8) is 0 Å². The molecular formula is C9H13N5O3. The molecule has 1 aromatic rings. The molecule has 8 nitrogen and oxygen atoms in total. The van der Waals surface area contributed by atoms with Crippen molar-refractivity contribution in [3.05, 3.63) is 15.8 Å². The van der Waals surface area contributed by atoms with Gasteiger partial charge in [-0.25, -0.2) is 4.98 Å². The van der Waals surface area contributed by atoms with Gasteiger partial charge in [-0.2, -0.15) is 4.98 Å². The van der Waals surface area contributed by atoms with Gasteiger partial charge in [-0.3, -0.25) is 10.1 Å². The fourth-order valence-electron chi connectivity index (χ4n) is 1.70. The molecule has 8 heteroatoms. The van der Waals surface area contributed by atoms with Gasteiger partial charge in [0.15, 0.2) is 0 Å². The highest BCUT2D eigenvalue weighted by atomic mass is 16.6. The predicted octanol–water partition coefficient (Wildman–Crippen LogP) is 0.112. The molecular weight excluding hydrogens is 226 g/mol. The molecule has 92 valence electrons. The molecule has 1 saturated heterocycles. The first-order chi connectivity index (χ1) is 8.09. The van der Waals surface area contributed by atoms with E-state index in [1.54, 1.807) is 6.92 Å². The molecule has 0 saturated carbocycles. The molecule has 1 aliphatic heterocycles. The highest BCUT2D eigenvalue weighted by molar-refractivity contribution is 5.58. The summed E-state index contributed by atoms with van der Waals surface area (Å²) in [6, 6.07) is 0. The van der Waals surface area contributed by atoms with E-state index in [4.69, 9.17) is 10.5 Å². The van der Waals surface area contributed by atoms with Gasteiger partial charge in [-0.15, -0.1) is 0 Å². The number of nitrogen functional groups attached to an aromatic ring is 1. The number of aryl methyl sites for hydroxylation is 1. The summed E-state index contributed by atoms with van der Waals surface area (Å²) in [7, 11) is 0. The maximum absolute atomic E-state index is 10.7. The van der Waals surface area contributed by atoms with E-state index in [-0.39, 0.29) is 17.2 Å². The number of rotatable bonds is 2. The summed E-state index contributed by atoms with van der Waals surface area (Å²) >= 11 is 0. The Morgan fingerprint density at radius 3 is 2.59 bits per heavy atom. The normalized spacial score (nSPS) is 15.9. The molecule has 2 N–H and O–H groups in total. The zero-order valence-electron chi connectivity index (χ0n) is 9.42. The third kappa shape index (κ3) is 2.26. The Kier molecular flexibility index (Phi) is 3.05. The summed E-state index contributed by atoms with van der Waals surface area (Å²) < 4.78 is 5.21. The van der Waals surface area contributed by atoms with Crippen molar-refractivity contribution >= 4 is 17.5 Å². The first-order valence-corrected chi connectivity index (χ1v) is 5.21. The second-order valence-corrected chi connectivity index (χ2v) is 3.70. The summed E-state index contributed by atoms with van der Waals surface area (Å²) in [5, 5.41) is 10.7. The van der Waals surface area contributed by atoms with Crippen molar-refractivity contribution in [1.29, 1.82) is 0 Å². The van der Waals surface area contributed by atoms with E-state index in [2.05, 4.69) is 9.97 Å². The fourth-order valence-corrected chi connectivity index (χ4v) is 1.70. The minimum atomic E-state index is -0.562. The van der Waals surface area contributed by atoms with Crippen LogP contribution in [0.5, 0.6) is 0 Å². The molecule has 17 heavy (non-hydrogen) atoms. The number of morpholine rings is 1. The van der Waals surface area contributed by atoms with Crippen LogP contribution in [0.3, 0.4) is 0 Å². The van der Waals surface area contributed by atoms with Crippen molar-refractivity contribution in [2.45, 2.75) is 6.92 Å². The second-order valence-electron chi connectivity index (χ2n) is 3.70. The van der Waals surface area contributed by atoms with Crippen LogP contribution in [0, 0.1) is 17.0 Å². The zero-order chi connectivity index (χ0) is 12.4. The molecule has 0 amide bonds. The third-order valence-electron chi connectivity index (χ3n) is 2.55. The lowest BCUT2D eigenvalue weighted by atomic mass is 10.3. The van der Waals surface area contributed by atoms with Crippen molar-refractivity contribution in [2.75, 3.05) is 36.9 Å². The van der Waals surface area contributed by atoms with Crippen LogP contribution in [0.2, 0.25) is 0 Å². The molecule has 0 unspecified atom stereocenters. The van der Waals surface area contributed by atoms with Crippen LogP contribution < -0.4 is 10.6 Å². The average Bonchev–Trinajstić information content (AvgIpc) is 2.28. The topological polar surface area (TPSA) is 107 Å². The van der Waals surface area contributed by atoms with Crippen LogP contribution in [0.1, 0.15) is 5.69 Å². The first-order valence-electron chi connectivity index (χ1n) is 5.21. The summed E-state index contributed by atoms with van der Waals surface area (Å²) in [4.78, 5) is 20.2. The SMILES string of the molecule is Cc1nc(N2CCOCC2)nc(N)c1[N+](=O)[O-]. The van der Waals surface area contributed by atoms with Crippen LogP contribution in [-0.4, -0.2) is 41.2 Å². The average molecular weight is 239 g/mol. The fraction of sp³-hybridized carbons (Fsp3) is 0.556.